The minimum Gasteiger partial charge on any atom is -0.508 e. The van der Waals surface area contributed by atoms with Gasteiger partial charge in [0.15, 0.2) is 5.82 Å². The van der Waals surface area contributed by atoms with Crippen LogP contribution in [-0.4, -0.2) is 114 Å². The van der Waals surface area contributed by atoms with E-state index in [1.165, 1.54) is 29.2 Å². The van der Waals surface area contributed by atoms with E-state index in [0.717, 1.165) is 23.2 Å². The molecule has 1 unspecified atom stereocenters. The van der Waals surface area contributed by atoms with Crippen LogP contribution in [-0.2, 0) is 26.1 Å². The number of phenols is 2. The van der Waals surface area contributed by atoms with Crippen molar-refractivity contribution in [2.24, 2.45) is 5.92 Å². The van der Waals surface area contributed by atoms with Crippen molar-refractivity contribution in [2.75, 3.05) is 31.1 Å². The number of phenolic OH excluding ortho intramolecular Hbond substituents is 2. The van der Waals surface area contributed by atoms with E-state index in [1.54, 1.807) is 6.07 Å². The average molecular weight is 964 g/mol. The molecular weight excluding hydrogens is 901 g/mol. The standard InChI is InChI=1S/C53H62BN9O8/c1-33(2)13-22-46(58-48(66)42(29-35-11-9-8-10-12-35)57-49(67)43-32-55-23-24-56-43)54-70-52(5,6)53(7,71-54)37-16-14-36(15-17-37)50(68)62-27-25-61(26-28-62)38-18-20-39(21-19-38)63-47(59-60-51(63)69)41-30-40(34(3)4)44(64)31-45(41)65/h8-12,14-21,23-24,30-34,42,46,64-65H,13,22,25-29H2,1-7H3,(H,57,67)(H,58,66)(H,60,69)/t42-,46-,53?/m0/s1. The predicted octanol–water partition coefficient (Wildman–Crippen LogP) is 6.96. The fraction of sp³-hybridized carbons (Fsp3) is 0.377. The second-order valence-electron chi connectivity index (χ2n) is 19.7. The van der Waals surface area contributed by atoms with Crippen molar-refractivity contribution >= 4 is 30.5 Å². The maximum Gasteiger partial charge on any atom is 0.482 e. The van der Waals surface area contributed by atoms with Gasteiger partial charge in [-0.1, -0.05) is 75.3 Å². The Hall–Kier alpha value is -7.31. The van der Waals surface area contributed by atoms with E-state index in [-0.39, 0.29) is 53.2 Å². The number of carbonyl (C=O) groups is 3. The molecule has 2 aromatic heterocycles. The summed E-state index contributed by atoms with van der Waals surface area (Å²) in [6.07, 6.45) is 5.85. The summed E-state index contributed by atoms with van der Waals surface area (Å²) in [5, 5.41) is 45.9. The number of hydrogen-bond acceptors (Lipinski definition) is 13. The highest BCUT2D eigenvalue weighted by atomic mass is 16.7. The van der Waals surface area contributed by atoms with Crippen LogP contribution in [0.5, 0.6) is 17.5 Å². The highest BCUT2D eigenvalue weighted by Gasteiger charge is 2.57. The van der Waals surface area contributed by atoms with E-state index < -0.39 is 36.2 Å². The molecule has 5 N–H and O–H groups in total. The van der Waals surface area contributed by atoms with Crippen molar-refractivity contribution in [3.8, 4) is 34.6 Å². The van der Waals surface area contributed by atoms with Gasteiger partial charge in [0.05, 0.1) is 29.0 Å². The lowest BCUT2D eigenvalue weighted by Crippen LogP contribution is -2.55. The van der Waals surface area contributed by atoms with Crippen molar-refractivity contribution in [2.45, 2.75) is 96.8 Å². The summed E-state index contributed by atoms with van der Waals surface area (Å²) in [4.78, 5) is 53.7. The average Bonchev–Trinajstić information content (AvgIpc) is 3.87. The molecular formula is C53H62BN9O8. The fourth-order valence-electron chi connectivity index (χ4n) is 9.18. The van der Waals surface area contributed by atoms with Crippen LogP contribution in [0.4, 0.5) is 5.69 Å². The number of carbonyl (C=O) groups excluding carboxylic acids is 3. The van der Waals surface area contributed by atoms with Crippen LogP contribution >= 0.6 is 0 Å². The number of anilines is 1. The minimum absolute atomic E-state index is 0.0245. The third-order valence-electron chi connectivity index (χ3n) is 13.7. The van der Waals surface area contributed by atoms with Gasteiger partial charge in [-0.25, -0.2) is 9.55 Å². The first-order chi connectivity index (χ1) is 33.9. The second-order valence-corrected chi connectivity index (χ2v) is 19.7. The Bertz CT molecular complexity index is 2820. The molecule has 4 heterocycles. The van der Waals surface area contributed by atoms with Crippen LogP contribution < -0.4 is 15.5 Å². The number of aromatic hydroxyl groups is 3. The molecule has 17 nitrogen and oxygen atoms in total. The summed E-state index contributed by atoms with van der Waals surface area (Å²) >= 11 is 0. The number of benzene rings is 4. The van der Waals surface area contributed by atoms with Gasteiger partial charge < -0.3 is 45.1 Å². The molecule has 18 heteroatoms. The number of nitrogens with one attached hydrogen (secondary N) is 2. The Kier molecular flexibility index (Phi) is 14.8. The maximum absolute atomic E-state index is 14.3. The van der Waals surface area contributed by atoms with E-state index in [2.05, 4.69) is 49.5 Å². The molecule has 0 radical (unpaired) electrons. The Morgan fingerprint density at radius 3 is 2.11 bits per heavy atom. The molecule has 2 saturated heterocycles. The topological polar surface area (TPSA) is 217 Å². The van der Waals surface area contributed by atoms with Gasteiger partial charge in [0.1, 0.15) is 28.8 Å². The Labute approximate surface area is 414 Å². The van der Waals surface area contributed by atoms with Crippen LogP contribution in [0, 0.1) is 5.92 Å². The number of hydrogen-bond donors (Lipinski definition) is 5. The lowest BCUT2D eigenvalue weighted by Gasteiger charge is -2.37. The molecule has 0 saturated carbocycles. The molecule has 4 aromatic carbocycles. The maximum atomic E-state index is 14.3. The van der Waals surface area contributed by atoms with Crippen molar-refractivity contribution in [3.05, 3.63) is 138 Å². The molecule has 6 aromatic rings. The number of rotatable bonds is 16. The van der Waals surface area contributed by atoms with E-state index >= 15 is 0 Å². The van der Waals surface area contributed by atoms with Gasteiger partial charge in [0.2, 0.25) is 5.91 Å². The van der Waals surface area contributed by atoms with Gasteiger partial charge in [-0.2, -0.15) is 0 Å². The highest BCUT2D eigenvalue weighted by Crippen LogP contribution is 2.46. The van der Waals surface area contributed by atoms with Gasteiger partial charge in [-0.05, 0) is 105 Å². The first-order valence-corrected chi connectivity index (χ1v) is 24.1. The SMILES string of the molecule is CC(C)CC[C@H](NC(=O)[C@H](Cc1ccccc1)NC(=O)c1cnccn1)B1OC(C)(C)C(C)(c2ccc(C(=O)N3CCN(c4ccc(-n5c(O)nnc5-c5cc(C(C)C)c(O)cc5O)cc4)CC3)cc2)O1. The molecule has 0 bridgehead atoms. The van der Waals surface area contributed by atoms with E-state index in [4.69, 9.17) is 9.31 Å². The van der Waals surface area contributed by atoms with Gasteiger partial charge in [-0.3, -0.25) is 19.4 Å². The highest BCUT2D eigenvalue weighted by molar-refractivity contribution is 6.48. The van der Waals surface area contributed by atoms with Crippen LogP contribution in [0.25, 0.3) is 17.1 Å². The van der Waals surface area contributed by atoms with E-state index in [1.807, 2.05) is 118 Å². The van der Waals surface area contributed by atoms with Crippen LogP contribution in [0.2, 0.25) is 0 Å². The van der Waals surface area contributed by atoms with Crippen molar-refractivity contribution in [1.82, 2.24) is 40.3 Å². The number of amides is 3. The quantitative estimate of drug-likeness (QED) is 0.0621. The zero-order chi connectivity index (χ0) is 50.6. The molecule has 3 atom stereocenters. The van der Waals surface area contributed by atoms with Crippen LogP contribution in [0.15, 0.2) is 110 Å². The predicted molar refractivity (Wildman–Crippen MR) is 269 cm³/mol. The summed E-state index contributed by atoms with van der Waals surface area (Å²) in [7, 11) is -0.829. The summed E-state index contributed by atoms with van der Waals surface area (Å²) in [6.45, 7) is 16.2. The lowest BCUT2D eigenvalue weighted by atomic mass is 9.74. The zero-order valence-corrected chi connectivity index (χ0v) is 41.2. The zero-order valence-electron chi connectivity index (χ0n) is 41.2. The van der Waals surface area contributed by atoms with Gasteiger partial charge >= 0.3 is 13.1 Å². The van der Waals surface area contributed by atoms with E-state index in [0.29, 0.717) is 60.9 Å². The van der Waals surface area contributed by atoms with Crippen molar-refractivity contribution < 1.29 is 39.0 Å². The first-order valence-electron chi connectivity index (χ1n) is 24.1. The number of nitrogens with zero attached hydrogens (tertiary/aromatic N) is 7. The van der Waals surface area contributed by atoms with Crippen LogP contribution in [0.3, 0.4) is 0 Å². The molecule has 2 fully saturated rings. The van der Waals surface area contributed by atoms with E-state index in [9.17, 15) is 29.7 Å². The monoisotopic (exact) mass is 963 g/mol. The van der Waals surface area contributed by atoms with Crippen molar-refractivity contribution in [1.29, 1.82) is 0 Å². The van der Waals surface area contributed by atoms with Gasteiger partial charge in [0, 0.05) is 62.3 Å². The van der Waals surface area contributed by atoms with Gasteiger partial charge in [-0.15, -0.1) is 5.10 Å². The molecule has 8 rings (SSSR count). The third-order valence-corrected chi connectivity index (χ3v) is 13.7. The first kappa shape index (κ1) is 50.1. The Balaban J connectivity index is 0.916. The summed E-state index contributed by atoms with van der Waals surface area (Å²) in [6, 6.07) is 26.1. The second kappa shape index (κ2) is 21.0. The fourth-order valence-corrected chi connectivity index (χ4v) is 9.18. The third kappa shape index (κ3) is 10.9. The van der Waals surface area contributed by atoms with Crippen LogP contribution in [0.1, 0.15) is 105 Å². The normalized spacial score (nSPS) is 17.6. The van der Waals surface area contributed by atoms with Crippen molar-refractivity contribution in [3.63, 3.8) is 0 Å². The Morgan fingerprint density at radius 1 is 0.775 bits per heavy atom. The molecule has 0 aliphatic carbocycles. The smallest absolute Gasteiger partial charge is 0.482 e. The summed E-state index contributed by atoms with van der Waals surface area (Å²) in [5.41, 5.74) is 2.97. The molecule has 3 amide bonds. The summed E-state index contributed by atoms with van der Waals surface area (Å²) in [5.74, 6) is -1.22. The minimum atomic E-state index is -0.968. The molecule has 0 spiro atoms. The lowest BCUT2D eigenvalue weighted by molar-refractivity contribution is -0.123. The Morgan fingerprint density at radius 2 is 1.46 bits per heavy atom. The molecule has 2 aliphatic rings. The summed E-state index contributed by atoms with van der Waals surface area (Å²) < 4.78 is 15.0. The largest absolute Gasteiger partial charge is 0.508 e. The number of aromatic nitrogens is 5. The molecule has 2 aliphatic heterocycles. The van der Waals surface area contributed by atoms with Gasteiger partial charge in [0.25, 0.3) is 11.8 Å². The molecule has 71 heavy (non-hydrogen) atoms. The molecule has 370 valence electrons. The number of piperazine rings is 1.